The Balaban J connectivity index is 1.96. The first-order valence-electron chi connectivity index (χ1n) is 7.52. The van der Waals surface area contributed by atoms with Crippen LogP contribution in [0.4, 0.5) is 8.78 Å². The van der Waals surface area contributed by atoms with Crippen LogP contribution in [0.15, 0.2) is 18.2 Å². The van der Waals surface area contributed by atoms with Crippen LogP contribution in [0, 0.1) is 11.6 Å². The molecule has 126 valence electrons. The number of H-pyrrole nitrogens is 1. The molecule has 0 spiro atoms. The summed E-state index contributed by atoms with van der Waals surface area (Å²) in [6.45, 7) is 2.29. The minimum absolute atomic E-state index is 0.177. The van der Waals surface area contributed by atoms with Gasteiger partial charge in [0.05, 0.1) is 6.54 Å². The van der Waals surface area contributed by atoms with Gasteiger partial charge < -0.3 is 0 Å². The number of nitrogens with one attached hydrogen (secondary N) is 1. The van der Waals surface area contributed by atoms with Crippen molar-refractivity contribution in [2.75, 3.05) is 0 Å². The molecule has 1 N–H and O–H groups in total. The van der Waals surface area contributed by atoms with Crippen molar-refractivity contribution in [3.05, 3.63) is 46.4 Å². The van der Waals surface area contributed by atoms with Gasteiger partial charge in [-0.2, -0.15) is 15.4 Å². The van der Waals surface area contributed by atoms with E-state index in [1.807, 2.05) is 0 Å². The highest BCUT2D eigenvalue weighted by Crippen LogP contribution is 2.23. The summed E-state index contributed by atoms with van der Waals surface area (Å²) in [6.07, 6.45) is 2.67. The van der Waals surface area contributed by atoms with E-state index in [1.54, 1.807) is 4.68 Å². The van der Waals surface area contributed by atoms with Gasteiger partial charge in [0, 0.05) is 6.42 Å². The van der Waals surface area contributed by atoms with Crippen LogP contribution in [-0.4, -0.2) is 30.2 Å². The molecule has 3 aromatic rings. The molecular formula is C15H15ClF2N6. The maximum absolute atomic E-state index is 13.4. The van der Waals surface area contributed by atoms with Gasteiger partial charge in [0.25, 0.3) is 0 Å². The summed E-state index contributed by atoms with van der Waals surface area (Å²) in [5.74, 6) is -0.710. The van der Waals surface area contributed by atoms with E-state index in [-0.39, 0.29) is 11.7 Å². The third-order valence-corrected chi connectivity index (χ3v) is 3.77. The van der Waals surface area contributed by atoms with E-state index in [0.29, 0.717) is 29.3 Å². The first kappa shape index (κ1) is 16.5. The smallest absolute Gasteiger partial charge is 0.182 e. The molecule has 0 aliphatic heterocycles. The molecule has 3 rings (SSSR count). The molecule has 2 aromatic heterocycles. The van der Waals surface area contributed by atoms with Gasteiger partial charge in [-0.3, -0.25) is 0 Å². The van der Waals surface area contributed by atoms with Crippen molar-refractivity contribution in [1.82, 2.24) is 30.2 Å². The minimum Gasteiger partial charge on any atom is -0.240 e. The van der Waals surface area contributed by atoms with Crippen LogP contribution in [0.5, 0.6) is 0 Å². The van der Waals surface area contributed by atoms with Crippen LogP contribution >= 0.6 is 11.6 Å². The van der Waals surface area contributed by atoms with Gasteiger partial charge in [0.15, 0.2) is 34.1 Å². The van der Waals surface area contributed by atoms with E-state index in [1.165, 1.54) is 6.07 Å². The van der Waals surface area contributed by atoms with Crippen molar-refractivity contribution in [3.63, 3.8) is 0 Å². The molecule has 0 fully saturated rings. The number of rotatable bonds is 6. The van der Waals surface area contributed by atoms with E-state index >= 15 is 0 Å². The van der Waals surface area contributed by atoms with Crippen LogP contribution in [0.3, 0.4) is 0 Å². The van der Waals surface area contributed by atoms with Crippen molar-refractivity contribution < 1.29 is 8.78 Å². The zero-order valence-corrected chi connectivity index (χ0v) is 13.7. The molecule has 9 heteroatoms. The van der Waals surface area contributed by atoms with Crippen LogP contribution in [0.2, 0.25) is 5.15 Å². The number of aromatic nitrogens is 6. The lowest BCUT2D eigenvalue weighted by molar-refractivity contribution is 0.505. The number of nitrogens with zero attached hydrogens (tertiary/aromatic N) is 5. The van der Waals surface area contributed by atoms with Crippen molar-refractivity contribution >= 4 is 11.6 Å². The average Bonchev–Trinajstić information content (AvgIpc) is 3.15. The van der Waals surface area contributed by atoms with E-state index in [9.17, 15) is 8.78 Å². The Kier molecular flexibility index (Phi) is 4.84. The quantitative estimate of drug-likeness (QED) is 0.738. The van der Waals surface area contributed by atoms with Crippen LogP contribution in [0.1, 0.15) is 31.2 Å². The number of benzene rings is 1. The fraction of sp³-hybridized carbons (Fsp3) is 0.333. The lowest BCUT2D eigenvalue weighted by Gasteiger charge is -2.05. The maximum atomic E-state index is 13.4. The summed E-state index contributed by atoms with van der Waals surface area (Å²) in [6, 6.07) is 3.72. The summed E-state index contributed by atoms with van der Waals surface area (Å²) >= 11 is 6.01. The van der Waals surface area contributed by atoms with Crippen LogP contribution in [-0.2, 0) is 13.0 Å². The number of aromatic amines is 1. The Hall–Kier alpha value is -2.35. The lowest BCUT2D eigenvalue weighted by atomic mass is 10.2. The molecule has 24 heavy (non-hydrogen) atoms. The van der Waals surface area contributed by atoms with Crippen molar-refractivity contribution in [3.8, 4) is 11.5 Å². The highest BCUT2D eigenvalue weighted by atomic mass is 35.5. The van der Waals surface area contributed by atoms with Crippen molar-refractivity contribution in [2.45, 2.75) is 32.7 Å². The molecule has 0 saturated heterocycles. The molecule has 6 nitrogen and oxygen atoms in total. The van der Waals surface area contributed by atoms with E-state index in [4.69, 9.17) is 11.6 Å². The zero-order chi connectivity index (χ0) is 17.1. The second kappa shape index (κ2) is 7.04. The van der Waals surface area contributed by atoms with Crippen molar-refractivity contribution in [2.24, 2.45) is 0 Å². The summed E-state index contributed by atoms with van der Waals surface area (Å²) in [5, 5.41) is 14.8. The Morgan fingerprint density at radius 1 is 1.21 bits per heavy atom. The van der Waals surface area contributed by atoms with E-state index in [2.05, 4.69) is 32.4 Å². The molecule has 1 aromatic carbocycles. The largest absolute Gasteiger partial charge is 0.240 e. The Morgan fingerprint density at radius 2 is 2.04 bits per heavy atom. The predicted molar refractivity (Wildman–Crippen MR) is 84.5 cm³/mol. The molecule has 0 aliphatic carbocycles. The SMILES string of the molecule is CCCCc1nc(-c2n[nH]nc2Cl)n(Cc2ccc(F)c(F)c2)n1. The van der Waals surface area contributed by atoms with Crippen LogP contribution in [0.25, 0.3) is 11.5 Å². The van der Waals surface area contributed by atoms with Gasteiger partial charge in [0.1, 0.15) is 0 Å². The molecule has 0 bridgehead atoms. The van der Waals surface area contributed by atoms with Gasteiger partial charge in [-0.25, -0.2) is 18.4 Å². The second-order valence-electron chi connectivity index (χ2n) is 5.32. The molecule has 0 atom stereocenters. The fourth-order valence-electron chi connectivity index (χ4n) is 2.29. The van der Waals surface area contributed by atoms with Gasteiger partial charge >= 0.3 is 0 Å². The van der Waals surface area contributed by atoms with E-state index < -0.39 is 11.6 Å². The molecule has 0 unspecified atom stereocenters. The topological polar surface area (TPSA) is 72.3 Å². The zero-order valence-electron chi connectivity index (χ0n) is 12.9. The number of halogens is 3. The predicted octanol–water partition coefficient (Wildman–Crippen LogP) is 3.39. The molecule has 0 saturated carbocycles. The number of hydrogen-bond donors (Lipinski definition) is 1. The highest BCUT2D eigenvalue weighted by molar-refractivity contribution is 6.31. The lowest BCUT2D eigenvalue weighted by Crippen LogP contribution is -2.06. The average molecular weight is 353 g/mol. The summed E-state index contributed by atoms with van der Waals surface area (Å²) < 4.78 is 28.1. The molecule has 0 aliphatic rings. The number of aryl methyl sites for hydroxylation is 1. The Bertz CT molecular complexity index is 844. The number of unbranched alkanes of at least 4 members (excludes halogenated alkanes) is 1. The molecule has 0 radical (unpaired) electrons. The van der Waals surface area contributed by atoms with Crippen LogP contribution < -0.4 is 0 Å². The van der Waals surface area contributed by atoms with Gasteiger partial charge in [0.2, 0.25) is 0 Å². The second-order valence-corrected chi connectivity index (χ2v) is 5.68. The van der Waals surface area contributed by atoms with Gasteiger partial charge in [-0.05, 0) is 24.1 Å². The third-order valence-electron chi connectivity index (χ3n) is 3.50. The summed E-state index contributed by atoms with van der Waals surface area (Å²) in [5.41, 5.74) is 0.927. The van der Waals surface area contributed by atoms with Gasteiger partial charge in [-0.15, -0.1) is 5.10 Å². The minimum atomic E-state index is -0.903. The summed E-state index contributed by atoms with van der Waals surface area (Å²) in [7, 11) is 0. The first-order valence-corrected chi connectivity index (χ1v) is 7.90. The maximum Gasteiger partial charge on any atom is 0.182 e. The highest BCUT2D eigenvalue weighted by Gasteiger charge is 2.18. The monoisotopic (exact) mass is 352 g/mol. The van der Waals surface area contributed by atoms with Gasteiger partial charge in [-0.1, -0.05) is 31.0 Å². The molecule has 2 heterocycles. The number of hydrogen-bond acceptors (Lipinski definition) is 4. The Labute approximate surface area is 141 Å². The molecular weight excluding hydrogens is 338 g/mol. The third kappa shape index (κ3) is 3.43. The fourth-order valence-corrected chi connectivity index (χ4v) is 2.45. The Morgan fingerprint density at radius 3 is 2.71 bits per heavy atom. The first-order chi connectivity index (χ1) is 11.6. The molecule has 0 amide bonds. The standard InChI is InChI=1S/C15H15ClF2N6/c1-2-3-4-12-19-15(13-14(16)21-23-20-13)24(22-12)8-9-5-6-10(17)11(18)7-9/h5-7H,2-4,8H2,1H3,(H,20,21,23). The van der Waals surface area contributed by atoms with Crippen molar-refractivity contribution in [1.29, 1.82) is 0 Å². The normalized spacial score (nSPS) is 11.2. The van der Waals surface area contributed by atoms with E-state index in [0.717, 1.165) is 25.0 Å². The summed E-state index contributed by atoms with van der Waals surface area (Å²) in [4.78, 5) is 4.46.